The van der Waals surface area contributed by atoms with Gasteiger partial charge in [0, 0.05) is 10.6 Å². The fraction of sp³-hybridized carbons (Fsp3) is 0. The standard InChI is InChI=1S/C6H5ClFNS.ClH/c7-3-1-5(9)6(10)2-4(3)8;/h1-2,10H,9H2;1H. The molecule has 1 aromatic carbocycles. The van der Waals surface area contributed by atoms with Gasteiger partial charge in [-0.1, -0.05) is 11.6 Å². The van der Waals surface area contributed by atoms with Crippen molar-refractivity contribution in [3.05, 3.63) is 23.0 Å². The molecule has 1 rings (SSSR count). The van der Waals surface area contributed by atoms with Crippen LogP contribution in [0.2, 0.25) is 5.02 Å². The van der Waals surface area contributed by atoms with E-state index < -0.39 is 5.82 Å². The highest BCUT2D eigenvalue weighted by molar-refractivity contribution is 7.80. The minimum atomic E-state index is -0.499. The lowest BCUT2D eigenvalue weighted by atomic mass is 10.3. The van der Waals surface area contributed by atoms with Gasteiger partial charge in [-0.05, 0) is 12.1 Å². The second kappa shape index (κ2) is 4.04. The van der Waals surface area contributed by atoms with Gasteiger partial charge in [0.2, 0.25) is 0 Å². The Hall–Kier alpha value is -0.120. The van der Waals surface area contributed by atoms with E-state index in [9.17, 15) is 4.39 Å². The summed E-state index contributed by atoms with van der Waals surface area (Å²) in [6.45, 7) is 0. The Bertz CT molecular complexity index is 217. The van der Waals surface area contributed by atoms with Crippen molar-refractivity contribution in [3.63, 3.8) is 0 Å². The third kappa shape index (κ3) is 2.43. The highest BCUT2D eigenvalue weighted by Crippen LogP contribution is 2.23. The van der Waals surface area contributed by atoms with E-state index in [1.54, 1.807) is 0 Å². The normalized spacial score (nSPS) is 9.00. The zero-order chi connectivity index (χ0) is 7.72. The third-order valence-corrected chi connectivity index (χ3v) is 1.75. The number of hydrogen-bond donors (Lipinski definition) is 2. The molecule has 0 aliphatic carbocycles. The van der Waals surface area contributed by atoms with Gasteiger partial charge in [-0.3, -0.25) is 0 Å². The summed E-state index contributed by atoms with van der Waals surface area (Å²) >= 11 is 9.29. The molecular formula is C6H6Cl2FNS. The SMILES string of the molecule is Cl.Nc1cc(Cl)c(F)cc1S. The summed E-state index contributed by atoms with van der Waals surface area (Å²) in [5, 5.41) is 0.0234. The van der Waals surface area contributed by atoms with Crippen molar-refractivity contribution in [3.8, 4) is 0 Å². The van der Waals surface area contributed by atoms with E-state index in [1.807, 2.05) is 0 Å². The minimum absolute atomic E-state index is 0. The van der Waals surface area contributed by atoms with Crippen molar-refractivity contribution in [2.75, 3.05) is 5.73 Å². The number of nitrogen functional groups attached to an aromatic ring is 1. The summed E-state index contributed by atoms with van der Waals surface area (Å²) in [4.78, 5) is 0.405. The molecule has 0 aromatic heterocycles. The highest BCUT2D eigenvalue weighted by Gasteiger charge is 2.01. The Balaban J connectivity index is 0.000001000. The Labute approximate surface area is 80.5 Å². The summed E-state index contributed by atoms with van der Waals surface area (Å²) in [6, 6.07) is 2.51. The quantitative estimate of drug-likeness (QED) is 0.504. The Morgan fingerprint density at radius 2 is 2.00 bits per heavy atom. The molecule has 62 valence electrons. The molecule has 5 heteroatoms. The molecule has 0 aliphatic heterocycles. The monoisotopic (exact) mass is 213 g/mol. The summed E-state index contributed by atoms with van der Waals surface area (Å²) in [5.41, 5.74) is 5.75. The predicted molar refractivity (Wildman–Crippen MR) is 50.3 cm³/mol. The number of nitrogens with two attached hydrogens (primary N) is 1. The largest absolute Gasteiger partial charge is 0.398 e. The summed E-state index contributed by atoms with van der Waals surface area (Å²) in [7, 11) is 0. The Morgan fingerprint density at radius 1 is 1.45 bits per heavy atom. The lowest BCUT2D eigenvalue weighted by Crippen LogP contribution is -1.88. The first-order chi connectivity index (χ1) is 4.61. The molecule has 0 aliphatic rings. The van der Waals surface area contributed by atoms with Gasteiger partial charge in [0.1, 0.15) is 5.82 Å². The number of thiol groups is 1. The topological polar surface area (TPSA) is 26.0 Å². The van der Waals surface area contributed by atoms with Crippen LogP contribution in [0.15, 0.2) is 17.0 Å². The average molecular weight is 214 g/mol. The van der Waals surface area contributed by atoms with Gasteiger partial charge >= 0.3 is 0 Å². The fourth-order valence-electron chi connectivity index (χ4n) is 0.552. The molecule has 0 amide bonds. The molecule has 0 bridgehead atoms. The van der Waals surface area contributed by atoms with Crippen molar-refractivity contribution in [1.82, 2.24) is 0 Å². The van der Waals surface area contributed by atoms with Crippen LogP contribution in [0.4, 0.5) is 10.1 Å². The molecule has 1 nitrogen and oxygen atoms in total. The molecule has 0 saturated heterocycles. The molecule has 11 heavy (non-hydrogen) atoms. The molecule has 1 aromatic rings. The van der Waals surface area contributed by atoms with Gasteiger partial charge in [-0.15, -0.1) is 25.0 Å². The van der Waals surface area contributed by atoms with E-state index in [2.05, 4.69) is 12.6 Å². The van der Waals surface area contributed by atoms with E-state index >= 15 is 0 Å². The Morgan fingerprint density at radius 3 is 2.45 bits per heavy atom. The van der Waals surface area contributed by atoms with Crippen LogP contribution in [0.25, 0.3) is 0 Å². The molecular weight excluding hydrogens is 208 g/mol. The molecule has 2 N–H and O–H groups in total. The number of anilines is 1. The van der Waals surface area contributed by atoms with Crippen LogP contribution in [0.1, 0.15) is 0 Å². The van der Waals surface area contributed by atoms with Gasteiger partial charge in [0.05, 0.1) is 5.02 Å². The maximum atomic E-state index is 12.5. The molecule has 0 atom stereocenters. The second-order valence-electron chi connectivity index (χ2n) is 1.83. The Kier molecular flexibility index (Phi) is 4.00. The van der Waals surface area contributed by atoms with Crippen molar-refractivity contribution >= 4 is 42.3 Å². The predicted octanol–water partition coefficient (Wildman–Crippen LogP) is 2.77. The number of halogens is 3. The first-order valence-corrected chi connectivity index (χ1v) is 3.37. The van der Waals surface area contributed by atoms with Crippen LogP contribution in [0.5, 0.6) is 0 Å². The van der Waals surface area contributed by atoms with Crippen LogP contribution in [-0.2, 0) is 0 Å². The molecule has 0 fully saturated rings. The summed E-state index contributed by atoms with van der Waals surface area (Å²) in [6.07, 6.45) is 0. The van der Waals surface area contributed by atoms with Gasteiger partial charge < -0.3 is 5.73 Å². The number of benzene rings is 1. The van der Waals surface area contributed by atoms with Crippen LogP contribution in [0, 0.1) is 5.82 Å². The van der Waals surface area contributed by atoms with Crippen LogP contribution < -0.4 is 5.73 Å². The first kappa shape index (κ1) is 10.9. The summed E-state index contributed by atoms with van der Waals surface area (Å²) in [5.74, 6) is -0.499. The van der Waals surface area contributed by atoms with E-state index in [-0.39, 0.29) is 17.4 Å². The lowest BCUT2D eigenvalue weighted by molar-refractivity contribution is 0.625. The number of rotatable bonds is 0. The van der Waals surface area contributed by atoms with Crippen molar-refractivity contribution < 1.29 is 4.39 Å². The fourth-order valence-corrected chi connectivity index (χ4v) is 0.902. The smallest absolute Gasteiger partial charge is 0.143 e. The molecule has 0 heterocycles. The van der Waals surface area contributed by atoms with E-state index in [0.29, 0.717) is 10.6 Å². The zero-order valence-electron chi connectivity index (χ0n) is 5.34. The first-order valence-electron chi connectivity index (χ1n) is 2.54. The second-order valence-corrected chi connectivity index (χ2v) is 2.71. The van der Waals surface area contributed by atoms with Gasteiger partial charge in [-0.25, -0.2) is 4.39 Å². The van der Waals surface area contributed by atoms with Crippen molar-refractivity contribution in [1.29, 1.82) is 0 Å². The van der Waals surface area contributed by atoms with E-state index in [1.165, 1.54) is 12.1 Å². The van der Waals surface area contributed by atoms with Crippen LogP contribution >= 0.6 is 36.6 Å². The highest BCUT2D eigenvalue weighted by atomic mass is 35.5. The number of hydrogen-bond acceptors (Lipinski definition) is 2. The maximum absolute atomic E-state index is 12.5. The maximum Gasteiger partial charge on any atom is 0.143 e. The van der Waals surface area contributed by atoms with Crippen molar-refractivity contribution in [2.45, 2.75) is 4.90 Å². The molecule has 0 radical (unpaired) electrons. The van der Waals surface area contributed by atoms with Crippen LogP contribution in [0.3, 0.4) is 0 Å². The van der Waals surface area contributed by atoms with Gasteiger partial charge in [0.15, 0.2) is 0 Å². The third-order valence-electron chi connectivity index (χ3n) is 1.07. The zero-order valence-corrected chi connectivity index (χ0v) is 7.81. The van der Waals surface area contributed by atoms with E-state index in [0.717, 1.165) is 0 Å². The molecule has 0 saturated carbocycles. The molecule has 0 unspecified atom stereocenters. The molecule has 0 spiro atoms. The summed E-state index contributed by atoms with van der Waals surface area (Å²) < 4.78 is 12.5. The lowest BCUT2D eigenvalue weighted by Gasteiger charge is -1.99. The van der Waals surface area contributed by atoms with Crippen molar-refractivity contribution in [2.24, 2.45) is 0 Å². The van der Waals surface area contributed by atoms with Gasteiger partial charge in [0.25, 0.3) is 0 Å². The van der Waals surface area contributed by atoms with Crippen LogP contribution in [-0.4, -0.2) is 0 Å². The van der Waals surface area contributed by atoms with Gasteiger partial charge in [-0.2, -0.15) is 0 Å². The van der Waals surface area contributed by atoms with E-state index in [4.69, 9.17) is 17.3 Å². The minimum Gasteiger partial charge on any atom is -0.398 e. The average Bonchev–Trinajstić information content (AvgIpc) is 1.84.